The molecule has 7 heteroatoms. The number of rotatable bonds is 6. The first kappa shape index (κ1) is 14.0. The molecule has 1 aromatic carbocycles. The van der Waals surface area contributed by atoms with E-state index in [9.17, 15) is 4.79 Å². The van der Waals surface area contributed by atoms with E-state index >= 15 is 0 Å². The van der Waals surface area contributed by atoms with Crippen molar-refractivity contribution in [1.29, 1.82) is 0 Å². The monoisotopic (exact) mass is 274 g/mol. The van der Waals surface area contributed by atoms with Crippen molar-refractivity contribution in [1.82, 2.24) is 25.9 Å². The highest BCUT2D eigenvalue weighted by Gasteiger charge is 2.08. The minimum absolute atomic E-state index is 0.152. The molecule has 2 aromatic rings. The maximum Gasteiger partial charge on any atom is 0.251 e. The summed E-state index contributed by atoms with van der Waals surface area (Å²) in [5.41, 5.74) is 1.73. The van der Waals surface area contributed by atoms with E-state index in [4.69, 9.17) is 0 Å². The van der Waals surface area contributed by atoms with Gasteiger partial charge in [-0.15, -0.1) is 10.2 Å². The standard InChI is InChI=1S/C13H18N6O/c1-3-19(4-2)11-7-5-10(6-8-11)13(20)14-9-12-15-17-18-16-12/h5-8H,3-4,9H2,1-2H3,(H,14,20)(H,15,16,17,18). The Morgan fingerprint density at radius 3 is 2.50 bits per heavy atom. The molecule has 0 unspecified atom stereocenters. The Morgan fingerprint density at radius 1 is 1.25 bits per heavy atom. The molecule has 0 aliphatic carbocycles. The van der Waals surface area contributed by atoms with E-state index in [1.54, 1.807) is 0 Å². The molecule has 2 rings (SSSR count). The molecular weight excluding hydrogens is 256 g/mol. The lowest BCUT2D eigenvalue weighted by molar-refractivity contribution is 0.0950. The SMILES string of the molecule is CCN(CC)c1ccc(C(=O)NCc2nn[nH]n2)cc1. The maximum atomic E-state index is 11.9. The van der Waals surface area contributed by atoms with Gasteiger partial charge in [-0.25, -0.2) is 0 Å². The van der Waals surface area contributed by atoms with Crippen LogP contribution in [0.5, 0.6) is 0 Å². The molecule has 0 atom stereocenters. The topological polar surface area (TPSA) is 86.8 Å². The molecule has 7 nitrogen and oxygen atoms in total. The van der Waals surface area contributed by atoms with E-state index < -0.39 is 0 Å². The molecule has 0 aliphatic heterocycles. The number of anilines is 1. The molecule has 0 fully saturated rings. The molecule has 0 bridgehead atoms. The van der Waals surface area contributed by atoms with Gasteiger partial charge in [0.2, 0.25) is 0 Å². The zero-order chi connectivity index (χ0) is 14.4. The average Bonchev–Trinajstić information content (AvgIpc) is 3.00. The molecule has 0 saturated heterocycles. The van der Waals surface area contributed by atoms with Crippen molar-refractivity contribution in [2.24, 2.45) is 0 Å². The van der Waals surface area contributed by atoms with E-state index in [2.05, 4.69) is 44.7 Å². The van der Waals surface area contributed by atoms with Crippen LogP contribution in [0.3, 0.4) is 0 Å². The van der Waals surface area contributed by atoms with Crippen molar-refractivity contribution >= 4 is 11.6 Å². The van der Waals surface area contributed by atoms with E-state index in [1.165, 1.54) is 0 Å². The maximum absolute atomic E-state index is 11.9. The van der Waals surface area contributed by atoms with Gasteiger partial charge in [-0.3, -0.25) is 4.79 Å². The number of amides is 1. The first-order valence-electron chi connectivity index (χ1n) is 6.60. The summed E-state index contributed by atoms with van der Waals surface area (Å²) in [6, 6.07) is 7.55. The normalized spacial score (nSPS) is 10.3. The molecule has 0 spiro atoms. The molecule has 0 aliphatic rings. The lowest BCUT2D eigenvalue weighted by Crippen LogP contribution is -2.24. The number of benzene rings is 1. The third-order valence-electron chi connectivity index (χ3n) is 3.05. The highest BCUT2D eigenvalue weighted by atomic mass is 16.1. The summed E-state index contributed by atoms with van der Waals surface area (Å²) in [6.07, 6.45) is 0. The molecule has 1 amide bonds. The third-order valence-corrected chi connectivity index (χ3v) is 3.05. The summed E-state index contributed by atoms with van der Waals surface area (Å²) >= 11 is 0. The number of tetrazole rings is 1. The van der Waals surface area contributed by atoms with Crippen molar-refractivity contribution < 1.29 is 4.79 Å². The summed E-state index contributed by atoms with van der Waals surface area (Å²) in [4.78, 5) is 14.2. The first-order chi connectivity index (χ1) is 9.74. The van der Waals surface area contributed by atoms with E-state index in [0.717, 1.165) is 18.8 Å². The van der Waals surface area contributed by atoms with Crippen LogP contribution < -0.4 is 10.2 Å². The number of nitrogens with zero attached hydrogens (tertiary/aromatic N) is 4. The minimum Gasteiger partial charge on any atom is -0.372 e. The Bertz CT molecular complexity index is 532. The third kappa shape index (κ3) is 3.31. The quantitative estimate of drug-likeness (QED) is 0.820. The zero-order valence-electron chi connectivity index (χ0n) is 11.6. The van der Waals surface area contributed by atoms with Gasteiger partial charge in [0.15, 0.2) is 5.82 Å². The fraction of sp³-hybridized carbons (Fsp3) is 0.385. The molecular formula is C13H18N6O. The number of carbonyl (C=O) groups excluding carboxylic acids is 1. The second-order valence-corrected chi connectivity index (χ2v) is 4.23. The lowest BCUT2D eigenvalue weighted by Gasteiger charge is -2.21. The Morgan fingerprint density at radius 2 is 1.95 bits per heavy atom. The highest BCUT2D eigenvalue weighted by Crippen LogP contribution is 2.14. The van der Waals surface area contributed by atoms with Crippen LogP contribution in [0.25, 0.3) is 0 Å². The smallest absolute Gasteiger partial charge is 0.251 e. The Kier molecular flexibility index (Phi) is 4.65. The van der Waals surface area contributed by atoms with Crippen LogP contribution in [0.4, 0.5) is 5.69 Å². The van der Waals surface area contributed by atoms with Gasteiger partial charge in [0.25, 0.3) is 5.91 Å². The predicted octanol–water partition coefficient (Wildman–Crippen LogP) is 0.976. The molecule has 0 radical (unpaired) electrons. The fourth-order valence-corrected chi connectivity index (χ4v) is 1.93. The van der Waals surface area contributed by atoms with Crippen molar-refractivity contribution in [3.05, 3.63) is 35.7 Å². The van der Waals surface area contributed by atoms with Crippen molar-refractivity contribution in [3.63, 3.8) is 0 Å². The molecule has 106 valence electrons. The summed E-state index contributed by atoms with van der Waals surface area (Å²) in [6.45, 7) is 6.36. The van der Waals surface area contributed by atoms with Crippen molar-refractivity contribution in [2.45, 2.75) is 20.4 Å². The van der Waals surface area contributed by atoms with E-state index in [-0.39, 0.29) is 12.5 Å². The number of hydrogen-bond acceptors (Lipinski definition) is 5. The zero-order valence-corrected chi connectivity index (χ0v) is 11.6. The Balaban J connectivity index is 1.96. The summed E-state index contributed by atoms with van der Waals surface area (Å²) in [5, 5.41) is 16.1. The summed E-state index contributed by atoms with van der Waals surface area (Å²) in [5.74, 6) is 0.305. The lowest BCUT2D eigenvalue weighted by atomic mass is 10.2. The van der Waals surface area contributed by atoms with Crippen LogP contribution in [-0.4, -0.2) is 39.6 Å². The number of nitrogens with one attached hydrogen (secondary N) is 2. The van der Waals surface area contributed by atoms with Crippen LogP contribution in [0, 0.1) is 0 Å². The van der Waals surface area contributed by atoms with Gasteiger partial charge in [0, 0.05) is 24.3 Å². The number of hydrogen-bond donors (Lipinski definition) is 2. The highest BCUT2D eigenvalue weighted by molar-refractivity contribution is 5.94. The summed E-state index contributed by atoms with van der Waals surface area (Å²) in [7, 11) is 0. The van der Waals surface area contributed by atoms with E-state index in [0.29, 0.717) is 11.4 Å². The predicted molar refractivity (Wildman–Crippen MR) is 75.4 cm³/mol. The Labute approximate surface area is 117 Å². The fourth-order valence-electron chi connectivity index (χ4n) is 1.93. The number of H-pyrrole nitrogens is 1. The Hall–Kier alpha value is -2.44. The van der Waals surface area contributed by atoms with Crippen LogP contribution in [0.2, 0.25) is 0 Å². The first-order valence-corrected chi connectivity index (χ1v) is 6.60. The number of aromatic nitrogens is 4. The van der Waals surface area contributed by atoms with Gasteiger partial charge >= 0.3 is 0 Å². The van der Waals surface area contributed by atoms with Crippen LogP contribution >= 0.6 is 0 Å². The largest absolute Gasteiger partial charge is 0.372 e. The van der Waals surface area contributed by atoms with Crippen molar-refractivity contribution in [2.75, 3.05) is 18.0 Å². The van der Waals surface area contributed by atoms with Crippen molar-refractivity contribution in [3.8, 4) is 0 Å². The van der Waals surface area contributed by atoms with Gasteiger partial charge in [0.05, 0.1) is 6.54 Å². The molecule has 2 N–H and O–H groups in total. The van der Waals surface area contributed by atoms with Gasteiger partial charge < -0.3 is 10.2 Å². The average molecular weight is 274 g/mol. The second kappa shape index (κ2) is 6.65. The molecule has 20 heavy (non-hydrogen) atoms. The van der Waals surface area contributed by atoms with Gasteiger partial charge in [-0.2, -0.15) is 5.21 Å². The van der Waals surface area contributed by atoms with Gasteiger partial charge in [-0.05, 0) is 38.1 Å². The van der Waals surface area contributed by atoms with Crippen LogP contribution in [0.1, 0.15) is 30.0 Å². The molecule has 0 saturated carbocycles. The molecule has 1 heterocycles. The number of aromatic amines is 1. The molecule has 1 aromatic heterocycles. The van der Waals surface area contributed by atoms with Gasteiger partial charge in [-0.1, -0.05) is 5.21 Å². The second-order valence-electron chi connectivity index (χ2n) is 4.23. The van der Waals surface area contributed by atoms with E-state index in [1.807, 2.05) is 24.3 Å². The minimum atomic E-state index is -0.152. The van der Waals surface area contributed by atoms with Crippen LogP contribution in [-0.2, 0) is 6.54 Å². The summed E-state index contributed by atoms with van der Waals surface area (Å²) < 4.78 is 0. The van der Waals surface area contributed by atoms with Gasteiger partial charge in [0.1, 0.15) is 0 Å². The van der Waals surface area contributed by atoms with Crippen LogP contribution in [0.15, 0.2) is 24.3 Å². The number of carbonyl (C=O) groups is 1.